The monoisotopic (exact) mass is 326 g/mol. The fourth-order valence-electron chi connectivity index (χ4n) is 2.59. The molecule has 5 heteroatoms. The number of pyridine rings is 1. The maximum atomic E-state index is 12.5. The minimum atomic E-state index is -0.254. The van der Waals surface area contributed by atoms with E-state index in [0.29, 0.717) is 17.1 Å². The smallest absolute Gasteiger partial charge is 0.258 e. The molecule has 0 aliphatic carbocycles. The van der Waals surface area contributed by atoms with E-state index in [1.54, 1.807) is 6.20 Å². The molecule has 25 heavy (non-hydrogen) atoms. The van der Waals surface area contributed by atoms with Gasteiger partial charge in [0.05, 0.1) is 16.8 Å². The van der Waals surface area contributed by atoms with Crippen LogP contribution in [0.3, 0.4) is 0 Å². The molecular weight excluding hydrogens is 312 g/mol. The third kappa shape index (κ3) is 3.07. The second kappa shape index (κ2) is 6.49. The molecule has 1 amide bonds. The number of aromatic nitrogens is 3. The summed E-state index contributed by atoms with van der Waals surface area (Å²) in [5.41, 5.74) is 2.86. The molecule has 0 radical (unpaired) electrons. The zero-order valence-electron chi connectivity index (χ0n) is 13.3. The largest absolute Gasteiger partial charge is 0.321 e. The van der Waals surface area contributed by atoms with Gasteiger partial charge in [-0.05, 0) is 24.3 Å². The van der Waals surface area contributed by atoms with E-state index in [1.165, 1.54) is 12.4 Å². The molecule has 2 heterocycles. The van der Waals surface area contributed by atoms with Gasteiger partial charge in [-0.15, -0.1) is 0 Å². The highest BCUT2D eigenvalue weighted by molar-refractivity contribution is 6.08. The van der Waals surface area contributed by atoms with Gasteiger partial charge >= 0.3 is 0 Å². The van der Waals surface area contributed by atoms with Crippen molar-refractivity contribution in [3.05, 3.63) is 84.8 Å². The maximum absolute atomic E-state index is 12.5. The molecule has 4 rings (SSSR count). The van der Waals surface area contributed by atoms with Crippen molar-refractivity contribution >= 4 is 22.5 Å². The van der Waals surface area contributed by atoms with Gasteiger partial charge in [0.15, 0.2) is 5.82 Å². The van der Waals surface area contributed by atoms with Crippen LogP contribution in [-0.2, 0) is 0 Å². The number of amides is 1. The number of nitrogens with zero attached hydrogens (tertiary/aromatic N) is 3. The molecule has 2 aromatic carbocycles. The van der Waals surface area contributed by atoms with Crippen molar-refractivity contribution in [2.24, 2.45) is 0 Å². The van der Waals surface area contributed by atoms with Crippen LogP contribution in [0.25, 0.3) is 22.3 Å². The fourth-order valence-corrected chi connectivity index (χ4v) is 2.59. The first-order valence-corrected chi connectivity index (χ1v) is 7.84. The number of carbonyl (C=O) groups is 1. The molecule has 5 nitrogen and oxygen atoms in total. The SMILES string of the molecule is O=C(Nc1cccc2ncccc12)c1cnc(-c2ccccc2)nc1. The molecular formula is C20H14N4O. The lowest BCUT2D eigenvalue weighted by Gasteiger charge is -2.08. The minimum absolute atomic E-state index is 0.254. The first-order chi connectivity index (χ1) is 12.3. The zero-order chi connectivity index (χ0) is 17.1. The molecule has 4 aromatic rings. The summed E-state index contributed by atoms with van der Waals surface area (Å²) in [4.78, 5) is 25.4. The van der Waals surface area contributed by atoms with Gasteiger partial charge in [-0.25, -0.2) is 9.97 Å². The third-order valence-corrected chi connectivity index (χ3v) is 3.84. The Morgan fingerprint density at radius 2 is 1.60 bits per heavy atom. The van der Waals surface area contributed by atoms with E-state index in [9.17, 15) is 4.79 Å². The molecule has 0 saturated heterocycles. The second-order valence-corrected chi connectivity index (χ2v) is 5.49. The van der Waals surface area contributed by atoms with Crippen LogP contribution in [0.1, 0.15) is 10.4 Å². The van der Waals surface area contributed by atoms with E-state index < -0.39 is 0 Å². The molecule has 2 aromatic heterocycles. The third-order valence-electron chi connectivity index (χ3n) is 3.84. The van der Waals surface area contributed by atoms with E-state index >= 15 is 0 Å². The van der Waals surface area contributed by atoms with Crippen molar-refractivity contribution in [2.45, 2.75) is 0 Å². The molecule has 0 unspecified atom stereocenters. The van der Waals surface area contributed by atoms with Gasteiger partial charge in [0.25, 0.3) is 5.91 Å². The number of benzene rings is 2. The van der Waals surface area contributed by atoms with Crippen LogP contribution >= 0.6 is 0 Å². The van der Waals surface area contributed by atoms with Gasteiger partial charge in [0.2, 0.25) is 0 Å². The van der Waals surface area contributed by atoms with Gasteiger partial charge in [-0.3, -0.25) is 9.78 Å². The molecule has 0 aliphatic rings. The van der Waals surface area contributed by atoms with Crippen LogP contribution in [-0.4, -0.2) is 20.9 Å². The van der Waals surface area contributed by atoms with Crippen LogP contribution in [0.4, 0.5) is 5.69 Å². The molecule has 0 saturated carbocycles. The Morgan fingerprint density at radius 1 is 0.800 bits per heavy atom. The zero-order valence-corrected chi connectivity index (χ0v) is 13.3. The first kappa shape index (κ1) is 15.0. The summed E-state index contributed by atoms with van der Waals surface area (Å²) >= 11 is 0. The van der Waals surface area contributed by atoms with E-state index in [-0.39, 0.29) is 5.91 Å². The fraction of sp³-hybridized carbons (Fsp3) is 0. The number of rotatable bonds is 3. The Morgan fingerprint density at radius 3 is 2.40 bits per heavy atom. The first-order valence-electron chi connectivity index (χ1n) is 7.84. The predicted octanol–water partition coefficient (Wildman–Crippen LogP) is 3.94. The van der Waals surface area contributed by atoms with Gasteiger partial charge < -0.3 is 5.32 Å². The van der Waals surface area contributed by atoms with Crippen molar-refractivity contribution < 1.29 is 4.79 Å². The van der Waals surface area contributed by atoms with Crippen molar-refractivity contribution in [3.8, 4) is 11.4 Å². The summed E-state index contributed by atoms with van der Waals surface area (Å²) in [6.07, 6.45) is 4.80. The van der Waals surface area contributed by atoms with E-state index in [0.717, 1.165) is 16.5 Å². The average Bonchev–Trinajstić information content (AvgIpc) is 2.69. The Hall–Kier alpha value is -3.60. The quantitative estimate of drug-likeness (QED) is 0.619. The minimum Gasteiger partial charge on any atom is -0.321 e. The molecule has 0 aliphatic heterocycles. The van der Waals surface area contributed by atoms with Crippen LogP contribution in [0.15, 0.2) is 79.3 Å². The summed E-state index contributed by atoms with van der Waals surface area (Å²) in [6.45, 7) is 0. The molecule has 0 bridgehead atoms. The lowest BCUT2D eigenvalue weighted by molar-refractivity contribution is 0.102. The maximum Gasteiger partial charge on any atom is 0.258 e. The number of nitrogens with one attached hydrogen (secondary N) is 1. The number of hydrogen-bond acceptors (Lipinski definition) is 4. The van der Waals surface area contributed by atoms with Gasteiger partial charge in [-0.2, -0.15) is 0 Å². The van der Waals surface area contributed by atoms with Crippen LogP contribution in [0.2, 0.25) is 0 Å². The Bertz CT molecular complexity index is 1020. The Balaban J connectivity index is 1.59. The van der Waals surface area contributed by atoms with Crippen molar-refractivity contribution in [1.29, 1.82) is 0 Å². The summed E-state index contributed by atoms with van der Waals surface area (Å²) in [7, 11) is 0. The lowest BCUT2D eigenvalue weighted by atomic mass is 10.1. The number of hydrogen-bond donors (Lipinski definition) is 1. The number of anilines is 1. The number of carbonyl (C=O) groups excluding carboxylic acids is 1. The summed E-state index contributed by atoms with van der Waals surface area (Å²) in [5, 5.41) is 3.79. The lowest BCUT2D eigenvalue weighted by Crippen LogP contribution is -2.13. The Labute approximate surface area is 144 Å². The van der Waals surface area contributed by atoms with Gasteiger partial charge in [-0.1, -0.05) is 36.4 Å². The number of fused-ring (bicyclic) bond motifs is 1. The van der Waals surface area contributed by atoms with Crippen molar-refractivity contribution in [1.82, 2.24) is 15.0 Å². The molecule has 0 fully saturated rings. The van der Waals surface area contributed by atoms with Gasteiger partial charge in [0, 0.05) is 29.5 Å². The predicted molar refractivity (Wildman–Crippen MR) is 97.2 cm³/mol. The second-order valence-electron chi connectivity index (χ2n) is 5.49. The summed E-state index contributed by atoms with van der Waals surface area (Å²) < 4.78 is 0. The van der Waals surface area contributed by atoms with Crippen LogP contribution < -0.4 is 5.32 Å². The summed E-state index contributed by atoms with van der Waals surface area (Å²) in [5.74, 6) is 0.336. The highest BCUT2D eigenvalue weighted by Gasteiger charge is 2.10. The molecule has 0 spiro atoms. The average molecular weight is 326 g/mol. The highest BCUT2D eigenvalue weighted by Crippen LogP contribution is 2.22. The van der Waals surface area contributed by atoms with Crippen LogP contribution in [0, 0.1) is 0 Å². The Kier molecular flexibility index (Phi) is 3.88. The normalized spacial score (nSPS) is 10.6. The summed E-state index contributed by atoms with van der Waals surface area (Å²) in [6, 6.07) is 19.0. The van der Waals surface area contributed by atoms with Crippen molar-refractivity contribution in [2.75, 3.05) is 5.32 Å². The van der Waals surface area contributed by atoms with E-state index in [1.807, 2.05) is 60.7 Å². The topological polar surface area (TPSA) is 67.8 Å². The van der Waals surface area contributed by atoms with Crippen LogP contribution in [0.5, 0.6) is 0 Å². The van der Waals surface area contributed by atoms with Gasteiger partial charge in [0.1, 0.15) is 0 Å². The standard InChI is InChI=1S/C20H14N4O/c25-20(24-18-10-4-9-17-16(18)8-5-11-21-17)15-12-22-19(23-13-15)14-6-2-1-3-7-14/h1-13H,(H,24,25). The van der Waals surface area contributed by atoms with E-state index in [4.69, 9.17) is 0 Å². The molecule has 1 N–H and O–H groups in total. The molecule has 120 valence electrons. The van der Waals surface area contributed by atoms with Crippen molar-refractivity contribution in [3.63, 3.8) is 0 Å². The van der Waals surface area contributed by atoms with E-state index in [2.05, 4.69) is 20.3 Å². The highest BCUT2D eigenvalue weighted by atomic mass is 16.1. The molecule has 0 atom stereocenters.